The summed E-state index contributed by atoms with van der Waals surface area (Å²) in [6.07, 6.45) is -0.0486. The van der Waals surface area contributed by atoms with Crippen LogP contribution in [0.15, 0.2) is 36.4 Å². The van der Waals surface area contributed by atoms with Gasteiger partial charge in [0, 0.05) is 6.04 Å². The summed E-state index contributed by atoms with van der Waals surface area (Å²) in [5.74, 6) is -0.873. The molecule has 0 heterocycles. The van der Waals surface area contributed by atoms with Gasteiger partial charge in [0.1, 0.15) is 0 Å². The summed E-state index contributed by atoms with van der Waals surface area (Å²) in [5.41, 5.74) is 8.00. The van der Waals surface area contributed by atoms with Crippen LogP contribution < -0.4 is 5.73 Å². The first-order valence-electron chi connectivity index (χ1n) is 5.55. The third-order valence-electron chi connectivity index (χ3n) is 2.97. The number of benzene rings is 2. The fourth-order valence-corrected chi connectivity index (χ4v) is 2.09. The quantitative estimate of drug-likeness (QED) is 0.850. The summed E-state index contributed by atoms with van der Waals surface area (Å²) >= 11 is 0. The Labute approximate surface area is 99.9 Å². The van der Waals surface area contributed by atoms with Gasteiger partial charge in [0.2, 0.25) is 0 Å². The van der Waals surface area contributed by atoms with Crippen LogP contribution in [0.2, 0.25) is 0 Å². The number of aliphatic carboxylic acids is 1. The molecule has 0 bridgehead atoms. The van der Waals surface area contributed by atoms with E-state index >= 15 is 0 Å². The first-order valence-corrected chi connectivity index (χ1v) is 5.55. The molecule has 1 atom stereocenters. The molecule has 17 heavy (non-hydrogen) atoms. The van der Waals surface area contributed by atoms with Crippen molar-refractivity contribution in [3.8, 4) is 0 Å². The van der Waals surface area contributed by atoms with Gasteiger partial charge in [-0.05, 0) is 28.8 Å². The van der Waals surface area contributed by atoms with E-state index in [1.807, 2.05) is 43.3 Å². The molecule has 3 nitrogen and oxygen atoms in total. The number of fused-ring (bicyclic) bond motifs is 1. The van der Waals surface area contributed by atoms with Crippen LogP contribution in [0, 0.1) is 6.92 Å². The molecular weight excluding hydrogens is 214 g/mol. The van der Waals surface area contributed by atoms with E-state index < -0.39 is 12.0 Å². The van der Waals surface area contributed by atoms with Crippen LogP contribution >= 0.6 is 0 Å². The van der Waals surface area contributed by atoms with Gasteiger partial charge in [-0.2, -0.15) is 0 Å². The Bertz CT molecular complexity index is 563. The normalized spacial score (nSPS) is 12.6. The SMILES string of the molecule is Cc1ccc([C@H](N)CC(=O)O)c2ccccc12. The fourth-order valence-electron chi connectivity index (χ4n) is 2.09. The van der Waals surface area contributed by atoms with Crippen molar-refractivity contribution >= 4 is 16.7 Å². The van der Waals surface area contributed by atoms with Crippen molar-refractivity contribution in [2.45, 2.75) is 19.4 Å². The van der Waals surface area contributed by atoms with Gasteiger partial charge in [-0.3, -0.25) is 4.79 Å². The van der Waals surface area contributed by atoms with Crippen LogP contribution in [0.1, 0.15) is 23.6 Å². The van der Waals surface area contributed by atoms with Crippen LogP contribution in [0.4, 0.5) is 0 Å². The molecule has 3 N–H and O–H groups in total. The predicted octanol–water partition coefficient (Wildman–Crippen LogP) is 2.62. The second-order valence-corrected chi connectivity index (χ2v) is 4.22. The second kappa shape index (κ2) is 4.55. The molecule has 2 aromatic carbocycles. The molecule has 0 aliphatic carbocycles. The molecule has 0 saturated carbocycles. The second-order valence-electron chi connectivity index (χ2n) is 4.22. The number of nitrogens with two attached hydrogens (primary N) is 1. The Balaban J connectivity index is 2.55. The Hall–Kier alpha value is -1.87. The molecule has 0 aliphatic heterocycles. The maximum absolute atomic E-state index is 10.7. The van der Waals surface area contributed by atoms with Crippen LogP contribution in [0.25, 0.3) is 10.8 Å². The number of carboxylic acid groups (broad SMARTS) is 1. The van der Waals surface area contributed by atoms with Gasteiger partial charge in [-0.25, -0.2) is 0 Å². The third kappa shape index (κ3) is 2.29. The van der Waals surface area contributed by atoms with E-state index in [1.165, 1.54) is 5.56 Å². The molecule has 0 fully saturated rings. The van der Waals surface area contributed by atoms with E-state index in [4.69, 9.17) is 10.8 Å². The van der Waals surface area contributed by atoms with Gasteiger partial charge in [-0.1, -0.05) is 36.4 Å². The minimum atomic E-state index is -0.873. The molecule has 0 aromatic heterocycles. The van der Waals surface area contributed by atoms with E-state index in [1.54, 1.807) is 0 Å². The van der Waals surface area contributed by atoms with Gasteiger partial charge in [-0.15, -0.1) is 0 Å². The molecule has 3 heteroatoms. The molecule has 0 spiro atoms. The smallest absolute Gasteiger partial charge is 0.305 e. The maximum atomic E-state index is 10.7. The zero-order valence-electron chi connectivity index (χ0n) is 9.68. The van der Waals surface area contributed by atoms with Crippen molar-refractivity contribution in [2.24, 2.45) is 5.73 Å². The molecule has 0 radical (unpaired) electrons. The third-order valence-corrected chi connectivity index (χ3v) is 2.97. The highest BCUT2D eigenvalue weighted by Gasteiger charge is 2.13. The average molecular weight is 229 g/mol. The summed E-state index contributed by atoms with van der Waals surface area (Å²) < 4.78 is 0. The zero-order valence-corrected chi connectivity index (χ0v) is 9.68. The van der Waals surface area contributed by atoms with Gasteiger partial charge >= 0.3 is 5.97 Å². The molecule has 0 unspecified atom stereocenters. The number of hydrogen-bond acceptors (Lipinski definition) is 2. The summed E-state index contributed by atoms with van der Waals surface area (Å²) in [7, 11) is 0. The number of carbonyl (C=O) groups is 1. The van der Waals surface area contributed by atoms with E-state index in [0.29, 0.717) is 0 Å². The van der Waals surface area contributed by atoms with Crippen LogP contribution in [0.3, 0.4) is 0 Å². The summed E-state index contributed by atoms with van der Waals surface area (Å²) in [4.78, 5) is 10.7. The monoisotopic (exact) mass is 229 g/mol. The lowest BCUT2D eigenvalue weighted by Crippen LogP contribution is -2.15. The molecule has 0 aliphatic rings. The maximum Gasteiger partial charge on any atom is 0.305 e. The van der Waals surface area contributed by atoms with E-state index in [0.717, 1.165) is 16.3 Å². The number of aryl methyl sites for hydroxylation is 1. The van der Waals surface area contributed by atoms with E-state index in [2.05, 4.69) is 0 Å². The summed E-state index contributed by atoms with van der Waals surface area (Å²) in [6.45, 7) is 2.04. The molecule has 88 valence electrons. The lowest BCUT2D eigenvalue weighted by atomic mass is 9.95. The fraction of sp³-hybridized carbons (Fsp3) is 0.214. The first-order chi connectivity index (χ1) is 8.09. The van der Waals surface area contributed by atoms with Crippen molar-refractivity contribution in [2.75, 3.05) is 0 Å². The minimum absolute atomic E-state index is 0.0486. The van der Waals surface area contributed by atoms with Crippen LogP contribution in [-0.2, 0) is 4.79 Å². The van der Waals surface area contributed by atoms with Crippen molar-refractivity contribution in [1.82, 2.24) is 0 Å². The predicted molar refractivity (Wildman–Crippen MR) is 67.9 cm³/mol. The Kier molecular flexibility index (Phi) is 3.11. The van der Waals surface area contributed by atoms with Gasteiger partial charge in [0.15, 0.2) is 0 Å². The Morgan fingerprint density at radius 1 is 1.24 bits per heavy atom. The van der Waals surface area contributed by atoms with E-state index in [-0.39, 0.29) is 6.42 Å². The highest BCUT2D eigenvalue weighted by molar-refractivity contribution is 5.89. The summed E-state index contributed by atoms with van der Waals surface area (Å²) in [6, 6.07) is 11.4. The Morgan fingerprint density at radius 3 is 2.53 bits per heavy atom. The Morgan fingerprint density at radius 2 is 1.88 bits per heavy atom. The lowest BCUT2D eigenvalue weighted by Gasteiger charge is -2.14. The van der Waals surface area contributed by atoms with Crippen molar-refractivity contribution < 1.29 is 9.90 Å². The largest absolute Gasteiger partial charge is 0.481 e. The number of hydrogen-bond donors (Lipinski definition) is 2. The molecule has 2 rings (SSSR count). The number of rotatable bonds is 3. The minimum Gasteiger partial charge on any atom is -0.481 e. The van der Waals surface area contributed by atoms with Gasteiger partial charge in [0.25, 0.3) is 0 Å². The summed E-state index contributed by atoms with van der Waals surface area (Å²) in [5, 5.41) is 11.0. The van der Waals surface area contributed by atoms with Gasteiger partial charge < -0.3 is 10.8 Å². The molecular formula is C14H15NO2. The van der Waals surface area contributed by atoms with Crippen molar-refractivity contribution in [3.63, 3.8) is 0 Å². The van der Waals surface area contributed by atoms with Crippen LogP contribution in [-0.4, -0.2) is 11.1 Å². The van der Waals surface area contributed by atoms with Gasteiger partial charge in [0.05, 0.1) is 6.42 Å². The highest BCUT2D eigenvalue weighted by atomic mass is 16.4. The highest BCUT2D eigenvalue weighted by Crippen LogP contribution is 2.27. The van der Waals surface area contributed by atoms with Crippen molar-refractivity contribution in [1.29, 1.82) is 0 Å². The van der Waals surface area contributed by atoms with Crippen molar-refractivity contribution in [3.05, 3.63) is 47.5 Å². The molecule has 2 aromatic rings. The van der Waals surface area contributed by atoms with Crippen LogP contribution in [0.5, 0.6) is 0 Å². The molecule has 0 amide bonds. The topological polar surface area (TPSA) is 63.3 Å². The molecule has 0 saturated heterocycles. The van der Waals surface area contributed by atoms with E-state index in [9.17, 15) is 4.79 Å². The standard InChI is InChI=1S/C14H15NO2/c1-9-6-7-12(13(15)8-14(16)17)11-5-3-2-4-10(9)11/h2-7,13H,8,15H2,1H3,(H,16,17)/t13-/m1/s1. The first kappa shape index (κ1) is 11.6. The lowest BCUT2D eigenvalue weighted by molar-refractivity contribution is -0.137. The zero-order chi connectivity index (χ0) is 12.4. The number of carboxylic acids is 1. The average Bonchev–Trinajstić information content (AvgIpc) is 2.29.